The monoisotopic (exact) mass is 460 g/mol. The molecule has 4 rings (SSSR count). The second kappa shape index (κ2) is 9.60. The van der Waals surface area contributed by atoms with Crippen molar-refractivity contribution in [2.45, 2.75) is 38.5 Å². The summed E-state index contributed by atoms with van der Waals surface area (Å²) in [5.41, 5.74) is 1.02. The van der Waals surface area contributed by atoms with Crippen molar-refractivity contribution < 1.29 is 27.4 Å². The third-order valence-corrected chi connectivity index (χ3v) is 6.73. The Bertz CT molecular complexity index is 1180. The van der Waals surface area contributed by atoms with Crippen LogP contribution >= 0.6 is 0 Å². The molecule has 0 aliphatic heterocycles. The van der Waals surface area contributed by atoms with Gasteiger partial charge in [0, 0.05) is 17.6 Å². The molecule has 170 valence electrons. The first-order chi connectivity index (χ1) is 15.4. The maximum Gasteiger partial charge on any atom is 0.335 e. The fraction of sp³-hybridized carbons (Fsp3) is 0.348. The second-order valence-corrected chi connectivity index (χ2v) is 8.92. The van der Waals surface area contributed by atoms with E-state index in [2.05, 4.69) is 4.98 Å². The van der Waals surface area contributed by atoms with Gasteiger partial charge in [0.15, 0.2) is 0 Å². The maximum absolute atomic E-state index is 14.4. The van der Waals surface area contributed by atoms with E-state index in [9.17, 15) is 17.6 Å². The quantitative estimate of drug-likeness (QED) is 0.410. The number of nitrogens with zero attached hydrogens (tertiary/aromatic N) is 1. The number of thiol groups is 1. The second-order valence-electron chi connectivity index (χ2n) is 8.04. The van der Waals surface area contributed by atoms with Gasteiger partial charge in [-0.2, -0.15) is 0 Å². The van der Waals surface area contributed by atoms with Crippen molar-refractivity contribution in [3.63, 3.8) is 0 Å². The van der Waals surface area contributed by atoms with Crippen LogP contribution in [0.1, 0.15) is 48.9 Å². The van der Waals surface area contributed by atoms with Crippen molar-refractivity contribution in [3.05, 3.63) is 54.0 Å². The molecule has 0 spiro atoms. The summed E-state index contributed by atoms with van der Waals surface area (Å²) >= 11 is 0. The van der Waals surface area contributed by atoms with Gasteiger partial charge in [-0.25, -0.2) is 21.9 Å². The first-order valence-corrected chi connectivity index (χ1v) is 11.8. The Kier molecular flexibility index (Phi) is 6.64. The number of hydrogen-bond donors (Lipinski definition) is 3. The summed E-state index contributed by atoms with van der Waals surface area (Å²) in [4.78, 5) is 14.1. The summed E-state index contributed by atoms with van der Waals surface area (Å²) < 4.78 is 45.5. The van der Waals surface area contributed by atoms with Gasteiger partial charge in [0.1, 0.15) is 11.6 Å². The summed E-state index contributed by atoms with van der Waals surface area (Å²) in [5.74, 6) is -0.683. The third kappa shape index (κ3) is 4.72. The average Bonchev–Trinajstić information content (AvgIpc) is 3.18. The summed E-state index contributed by atoms with van der Waals surface area (Å²) in [6.45, 7) is 0.466. The van der Waals surface area contributed by atoms with Gasteiger partial charge in [0.05, 0.1) is 29.1 Å². The van der Waals surface area contributed by atoms with Crippen molar-refractivity contribution in [3.8, 4) is 5.75 Å². The summed E-state index contributed by atoms with van der Waals surface area (Å²) in [5, 5.41) is 9.43. The number of aromatic amines is 1. The molecule has 7 nitrogen and oxygen atoms in total. The Morgan fingerprint density at radius 3 is 2.53 bits per heavy atom. The van der Waals surface area contributed by atoms with E-state index in [0.717, 1.165) is 10.7 Å². The molecule has 1 aliphatic rings. The van der Waals surface area contributed by atoms with Gasteiger partial charge in [-0.15, -0.1) is 0 Å². The molecule has 1 fully saturated rings. The zero-order chi connectivity index (χ0) is 22.7. The molecule has 2 aromatic carbocycles. The molecule has 3 aromatic rings. The summed E-state index contributed by atoms with van der Waals surface area (Å²) in [7, 11) is -3.13. The van der Waals surface area contributed by atoms with Crippen LogP contribution in [0.15, 0.2) is 42.6 Å². The highest BCUT2D eigenvalue weighted by molar-refractivity contribution is 7.74. The Hall–Kier alpha value is -3.07. The van der Waals surface area contributed by atoms with Gasteiger partial charge < -0.3 is 14.8 Å². The van der Waals surface area contributed by atoms with Gasteiger partial charge in [-0.3, -0.25) is 0 Å². The number of nitrogens with one attached hydrogen (secondary N) is 1. The lowest BCUT2D eigenvalue weighted by atomic mass is 9.87. The Balaban J connectivity index is 1.62. The minimum Gasteiger partial charge on any atom is -0.491 e. The van der Waals surface area contributed by atoms with E-state index in [1.54, 1.807) is 0 Å². The summed E-state index contributed by atoms with van der Waals surface area (Å²) in [6, 6.07) is 7.99. The highest BCUT2D eigenvalue weighted by Gasteiger charge is 2.20. The van der Waals surface area contributed by atoms with Crippen LogP contribution in [0.25, 0.3) is 10.9 Å². The lowest BCUT2D eigenvalue weighted by Crippen LogP contribution is -2.14. The highest BCUT2D eigenvalue weighted by Crippen LogP contribution is 2.37. The van der Waals surface area contributed by atoms with E-state index >= 15 is 0 Å². The Morgan fingerprint density at radius 1 is 1.16 bits per heavy atom. The van der Waals surface area contributed by atoms with Crippen LogP contribution in [0.3, 0.4) is 0 Å². The molecule has 1 heterocycles. The van der Waals surface area contributed by atoms with Gasteiger partial charge in [0.25, 0.3) is 0 Å². The smallest absolute Gasteiger partial charge is 0.335 e. The molecule has 2 N–H and O–H groups in total. The number of hydrogen-bond acceptors (Lipinski definition) is 4. The number of aromatic carboxylic acids is 1. The van der Waals surface area contributed by atoms with Crippen LogP contribution in [-0.2, 0) is 10.9 Å². The first kappa shape index (κ1) is 22.1. The fourth-order valence-corrected chi connectivity index (χ4v) is 4.98. The zero-order valence-corrected chi connectivity index (χ0v) is 18.3. The van der Waals surface area contributed by atoms with Crippen LogP contribution in [0, 0.1) is 11.7 Å². The lowest BCUT2D eigenvalue weighted by Gasteiger charge is -2.21. The number of carboxylic acids is 1. The molecule has 0 bridgehead atoms. The molecule has 0 saturated heterocycles. The zero-order valence-electron chi connectivity index (χ0n) is 17.4. The Labute approximate surface area is 186 Å². The minimum atomic E-state index is -3.13. The van der Waals surface area contributed by atoms with Crippen molar-refractivity contribution in [2.24, 2.45) is 5.92 Å². The van der Waals surface area contributed by atoms with Crippen molar-refractivity contribution >= 4 is 39.1 Å². The van der Waals surface area contributed by atoms with E-state index in [1.165, 1.54) is 74.7 Å². The molecule has 0 atom stereocenters. The average molecular weight is 461 g/mol. The molecular weight excluding hydrogens is 435 g/mol. The standard InChI is InChI=1S/C23H25FN2O5S/c24-17-12-19-20(26(32(29)30)18-8-6-16(7-9-18)23(27)28)14-25-22(19)21(13-17)31-11-10-15-4-2-1-3-5-15/h6-9,12-15,25,32H,1-5,10-11H2,(H,27,28). The van der Waals surface area contributed by atoms with E-state index in [1.807, 2.05) is 0 Å². The number of benzene rings is 2. The fourth-order valence-electron chi connectivity index (χ4n) is 4.32. The van der Waals surface area contributed by atoms with Crippen LogP contribution in [-0.4, -0.2) is 31.1 Å². The Morgan fingerprint density at radius 2 is 1.88 bits per heavy atom. The predicted octanol–water partition coefficient (Wildman–Crippen LogP) is 5.02. The number of carbonyl (C=O) groups is 1. The van der Waals surface area contributed by atoms with Crippen LogP contribution in [0.2, 0.25) is 0 Å². The third-order valence-electron chi connectivity index (χ3n) is 5.95. The van der Waals surface area contributed by atoms with E-state index in [-0.39, 0.29) is 16.9 Å². The number of anilines is 2. The number of halogens is 1. The van der Waals surface area contributed by atoms with Crippen molar-refractivity contribution in [1.82, 2.24) is 4.98 Å². The van der Waals surface area contributed by atoms with Crippen molar-refractivity contribution in [2.75, 3.05) is 10.9 Å². The molecule has 9 heteroatoms. The van der Waals surface area contributed by atoms with E-state index in [4.69, 9.17) is 9.84 Å². The van der Waals surface area contributed by atoms with Crippen molar-refractivity contribution in [1.29, 1.82) is 0 Å². The number of fused-ring (bicyclic) bond motifs is 1. The number of H-pyrrole nitrogens is 1. The van der Waals surface area contributed by atoms with Gasteiger partial charge in [-0.05, 0) is 42.7 Å². The van der Waals surface area contributed by atoms with Crippen LogP contribution in [0.5, 0.6) is 5.75 Å². The highest BCUT2D eigenvalue weighted by atomic mass is 32.2. The molecule has 1 aliphatic carbocycles. The molecule has 0 amide bonds. The largest absolute Gasteiger partial charge is 0.491 e. The molecular formula is C23H25FN2O5S. The molecule has 32 heavy (non-hydrogen) atoms. The van der Waals surface area contributed by atoms with Gasteiger partial charge in [0.2, 0.25) is 10.9 Å². The normalized spacial score (nSPS) is 14.7. The van der Waals surface area contributed by atoms with Gasteiger partial charge in [-0.1, -0.05) is 32.1 Å². The lowest BCUT2D eigenvalue weighted by molar-refractivity contribution is 0.0697. The number of ether oxygens (including phenoxy) is 1. The first-order valence-electron chi connectivity index (χ1n) is 10.7. The van der Waals surface area contributed by atoms with Crippen LogP contribution < -0.4 is 9.04 Å². The van der Waals surface area contributed by atoms with Crippen LogP contribution in [0.4, 0.5) is 15.8 Å². The number of aromatic nitrogens is 1. The van der Waals surface area contributed by atoms with E-state index in [0.29, 0.717) is 29.2 Å². The van der Waals surface area contributed by atoms with E-state index < -0.39 is 22.7 Å². The van der Waals surface area contributed by atoms with Gasteiger partial charge >= 0.3 is 5.97 Å². The SMILES string of the molecule is O=C(O)c1ccc(N(c2c[nH]c3c(OCCC4CCCCC4)cc(F)cc23)[SH](=O)=O)cc1. The topological polar surface area (TPSA) is 99.7 Å². The summed E-state index contributed by atoms with van der Waals surface area (Å²) in [6.07, 6.45) is 8.54. The number of carboxylic acid groups (broad SMARTS) is 1. The minimum absolute atomic E-state index is 0.0356. The molecule has 0 radical (unpaired) electrons. The molecule has 1 aromatic heterocycles. The number of rotatable bonds is 8. The molecule has 0 unspecified atom stereocenters. The molecule has 1 saturated carbocycles. The predicted molar refractivity (Wildman–Crippen MR) is 121 cm³/mol. The maximum atomic E-state index is 14.4.